The minimum Gasteiger partial charge on any atom is -0.399 e. The van der Waals surface area contributed by atoms with E-state index in [4.69, 9.17) is 16.2 Å². The fourth-order valence-electron chi connectivity index (χ4n) is 1.44. The SMILES string of the molecule is [2H]C([2H])C1(C([2H])([2H])[2H])OB(c2ccccc2)OC1(C)C. The molecule has 2 rings (SSSR count). The van der Waals surface area contributed by atoms with Gasteiger partial charge in [0.05, 0.1) is 11.2 Å². The van der Waals surface area contributed by atoms with Gasteiger partial charge in [0, 0.05) is 6.85 Å². The van der Waals surface area contributed by atoms with Crippen LogP contribution in [0.4, 0.5) is 0 Å². The summed E-state index contributed by atoms with van der Waals surface area (Å²) in [5.74, 6) is 0. The maximum atomic E-state index is 7.70. The number of benzene rings is 1. The molecule has 1 aliphatic heterocycles. The van der Waals surface area contributed by atoms with Crippen molar-refractivity contribution in [1.29, 1.82) is 0 Å². The van der Waals surface area contributed by atoms with Crippen LogP contribution in [0.3, 0.4) is 0 Å². The van der Waals surface area contributed by atoms with Crippen LogP contribution in [0.2, 0.25) is 0 Å². The molecule has 0 spiro atoms. The molecule has 0 N–H and O–H groups in total. The predicted molar refractivity (Wildman–Crippen MR) is 62.2 cm³/mol. The lowest BCUT2D eigenvalue weighted by Gasteiger charge is -2.32. The first-order chi connectivity index (χ1) is 9.12. The molecular formula is C12H17BO2. The number of hydrogen-bond donors (Lipinski definition) is 0. The lowest BCUT2D eigenvalue weighted by atomic mass is 9.79. The number of rotatable bonds is 1. The van der Waals surface area contributed by atoms with E-state index in [1.165, 1.54) is 0 Å². The Bertz CT molecular complexity index is 476. The van der Waals surface area contributed by atoms with Crippen LogP contribution in [0.5, 0.6) is 0 Å². The van der Waals surface area contributed by atoms with Gasteiger partial charge in [-0.15, -0.1) is 0 Å². The van der Waals surface area contributed by atoms with Crippen LogP contribution >= 0.6 is 0 Å². The maximum absolute atomic E-state index is 7.70. The van der Waals surface area contributed by atoms with Gasteiger partial charge in [0.2, 0.25) is 0 Å². The third kappa shape index (κ3) is 1.82. The van der Waals surface area contributed by atoms with Crippen LogP contribution < -0.4 is 5.46 Å². The zero-order chi connectivity index (χ0) is 15.2. The second-order valence-electron chi connectivity index (χ2n) is 4.22. The Morgan fingerprint density at radius 3 is 2.33 bits per heavy atom. The summed E-state index contributed by atoms with van der Waals surface area (Å²) < 4.78 is 49.8. The van der Waals surface area contributed by atoms with Crippen molar-refractivity contribution >= 4 is 12.6 Å². The van der Waals surface area contributed by atoms with Crippen LogP contribution in [0.15, 0.2) is 30.3 Å². The normalized spacial score (nSPS) is 35.4. The molecule has 80 valence electrons. The molecule has 1 saturated heterocycles. The maximum Gasteiger partial charge on any atom is 0.494 e. The second-order valence-corrected chi connectivity index (χ2v) is 4.22. The van der Waals surface area contributed by atoms with Crippen molar-refractivity contribution in [3.05, 3.63) is 30.3 Å². The summed E-state index contributed by atoms with van der Waals surface area (Å²) in [4.78, 5) is 0. The van der Waals surface area contributed by atoms with E-state index in [2.05, 4.69) is 0 Å². The van der Waals surface area contributed by atoms with E-state index in [-0.39, 0.29) is 0 Å². The largest absolute Gasteiger partial charge is 0.494 e. The van der Waals surface area contributed by atoms with E-state index in [9.17, 15) is 0 Å². The van der Waals surface area contributed by atoms with E-state index < -0.39 is 32.0 Å². The van der Waals surface area contributed by atoms with Gasteiger partial charge in [0.15, 0.2) is 0 Å². The molecule has 0 saturated carbocycles. The van der Waals surface area contributed by atoms with Gasteiger partial charge < -0.3 is 9.31 Å². The van der Waals surface area contributed by atoms with Crippen molar-refractivity contribution in [1.82, 2.24) is 0 Å². The molecule has 0 bridgehead atoms. The molecule has 1 heterocycles. The lowest BCUT2D eigenvalue weighted by molar-refractivity contribution is 0.00578. The summed E-state index contributed by atoms with van der Waals surface area (Å²) in [7, 11) is -0.884. The molecule has 3 heteroatoms. The van der Waals surface area contributed by atoms with Gasteiger partial charge in [-0.05, 0) is 33.0 Å². The van der Waals surface area contributed by atoms with Gasteiger partial charge in [-0.2, -0.15) is 0 Å². The van der Waals surface area contributed by atoms with Gasteiger partial charge in [-0.25, -0.2) is 0 Å². The highest BCUT2D eigenvalue weighted by Gasteiger charge is 2.51. The Hall–Kier alpha value is -0.795. The van der Waals surface area contributed by atoms with Crippen molar-refractivity contribution in [2.75, 3.05) is 0 Å². The minimum absolute atomic E-state index is 0.673. The summed E-state index contributed by atoms with van der Waals surface area (Å²) in [6.07, 6.45) is 0. The molecule has 1 unspecified atom stereocenters. The van der Waals surface area contributed by atoms with Crippen LogP contribution in [0.25, 0.3) is 0 Å². The van der Waals surface area contributed by atoms with Crippen molar-refractivity contribution in [3.8, 4) is 0 Å². The molecule has 1 aromatic rings. The van der Waals surface area contributed by atoms with Gasteiger partial charge in [-0.3, -0.25) is 0 Å². The van der Waals surface area contributed by atoms with Crippen LogP contribution in [0.1, 0.15) is 34.4 Å². The first-order valence-electron chi connectivity index (χ1n) is 7.52. The van der Waals surface area contributed by atoms with Gasteiger partial charge in [0.1, 0.15) is 0 Å². The molecule has 0 amide bonds. The summed E-state index contributed by atoms with van der Waals surface area (Å²) in [5, 5.41) is 0. The average Bonchev–Trinajstić information content (AvgIpc) is 2.62. The smallest absolute Gasteiger partial charge is 0.399 e. The second kappa shape index (κ2) is 3.36. The zero-order valence-electron chi connectivity index (χ0n) is 13.9. The van der Waals surface area contributed by atoms with Crippen LogP contribution in [0, 0.1) is 0 Å². The lowest BCUT2D eigenvalue weighted by Crippen LogP contribution is -2.41. The van der Waals surface area contributed by atoms with Crippen molar-refractivity contribution in [3.63, 3.8) is 0 Å². The molecule has 0 aliphatic carbocycles. The fourth-order valence-corrected chi connectivity index (χ4v) is 1.44. The van der Waals surface area contributed by atoms with E-state index >= 15 is 0 Å². The Kier molecular flexibility index (Phi) is 1.36. The van der Waals surface area contributed by atoms with Gasteiger partial charge >= 0.3 is 7.12 Å². The highest BCUT2D eigenvalue weighted by atomic mass is 16.7. The van der Waals surface area contributed by atoms with E-state index in [0.29, 0.717) is 5.46 Å². The highest BCUT2D eigenvalue weighted by molar-refractivity contribution is 6.62. The third-order valence-corrected chi connectivity index (χ3v) is 2.66. The van der Waals surface area contributed by atoms with Gasteiger partial charge in [-0.1, -0.05) is 30.3 Å². The zero-order valence-corrected chi connectivity index (χ0v) is 8.86. The summed E-state index contributed by atoms with van der Waals surface area (Å²) in [6, 6.07) is 8.95. The first kappa shape index (κ1) is 6.07. The Balaban J connectivity index is 2.45. The summed E-state index contributed by atoms with van der Waals surface area (Å²) in [6.45, 7) is -1.22. The van der Waals surface area contributed by atoms with Crippen molar-refractivity contribution in [2.45, 2.75) is 38.8 Å². The third-order valence-electron chi connectivity index (χ3n) is 2.66. The quantitative estimate of drug-likeness (QED) is 0.658. The minimum atomic E-state index is -2.63. The predicted octanol–water partition coefficient (Wildman–Crippen LogP) is 1.99. The fraction of sp³-hybridized carbons (Fsp3) is 0.500. The first-order valence-corrected chi connectivity index (χ1v) is 4.87. The van der Waals surface area contributed by atoms with Crippen LogP contribution in [-0.2, 0) is 9.31 Å². The van der Waals surface area contributed by atoms with E-state index in [1.807, 2.05) is 6.07 Å². The monoisotopic (exact) mass is 209 g/mol. The van der Waals surface area contributed by atoms with Gasteiger partial charge in [0.25, 0.3) is 0 Å². The summed E-state index contributed by atoms with van der Waals surface area (Å²) >= 11 is 0. The molecule has 2 nitrogen and oxygen atoms in total. The summed E-state index contributed by atoms with van der Waals surface area (Å²) in [5.41, 5.74) is -2.58. The van der Waals surface area contributed by atoms with E-state index in [0.717, 1.165) is 0 Å². The highest BCUT2D eigenvalue weighted by Crippen LogP contribution is 2.36. The average molecular weight is 209 g/mol. The van der Waals surface area contributed by atoms with Crippen LogP contribution in [-0.4, -0.2) is 18.3 Å². The Morgan fingerprint density at radius 1 is 1.13 bits per heavy atom. The molecule has 0 radical (unpaired) electrons. The molecule has 1 fully saturated rings. The molecule has 1 atom stereocenters. The molecule has 1 aromatic carbocycles. The standard InChI is InChI=1S/C12H17BO2/c1-11(2)12(3,4)15-13(14-11)10-8-6-5-7-9-10/h5-9H,1-4H3/i1D2,2D3. The van der Waals surface area contributed by atoms with Crippen molar-refractivity contribution in [2.24, 2.45) is 0 Å². The molecule has 0 aromatic heterocycles. The Labute approximate surface area is 98.8 Å². The molecular weight excluding hydrogens is 187 g/mol. The Morgan fingerprint density at radius 2 is 1.80 bits per heavy atom. The number of hydrogen-bond acceptors (Lipinski definition) is 2. The van der Waals surface area contributed by atoms with E-state index in [1.54, 1.807) is 38.1 Å². The topological polar surface area (TPSA) is 18.5 Å². The molecule has 1 aliphatic rings. The molecule has 15 heavy (non-hydrogen) atoms. The van der Waals surface area contributed by atoms with Crippen molar-refractivity contribution < 1.29 is 16.2 Å².